The summed E-state index contributed by atoms with van der Waals surface area (Å²) in [5.74, 6) is 2.14. The van der Waals surface area contributed by atoms with E-state index < -0.39 is 0 Å². The average Bonchev–Trinajstić information content (AvgIpc) is 3.24. The van der Waals surface area contributed by atoms with Crippen LogP contribution in [-0.2, 0) is 5.75 Å². The first-order valence-corrected chi connectivity index (χ1v) is 10.8. The summed E-state index contributed by atoms with van der Waals surface area (Å²) in [5, 5.41) is 0. The Morgan fingerprint density at radius 3 is 2.75 bits per heavy atom. The van der Waals surface area contributed by atoms with Crippen LogP contribution < -0.4 is 5.73 Å². The molecule has 0 aromatic heterocycles. The van der Waals surface area contributed by atoms with Crippen molar-refractivity contribution in [2.75, 3.05) is 13.1 Å². The molecule has 1 saturated heterocycles. The Labute approximate surface area is 178 Å². The number of nitrogens with zero attached hydrogens (tertiary/aromatic N) is 1. The van der Waals surface area contributed by atoms with E-state index in [0.717, 1.165) is 30.8 Å². The Hall–Kier alpha value is -1.49. The first-order valence-electron chi connectivity index (χ1n) is 9.85. The van der Waals surface area contributed by atoms with Gasteiger partial charge in [-0.3, -0.25) is 4.79 Å². The molecule has 150 valence electrons. The van der Waals surface area contributed by atoms with Gasteiger partial charge >= 0.3 is 0 Å². The van der Waals surface area contributed by atoms with Crippen molar-refractivity contribution in [3.8, 4) is 0 Å². The molecule has 2 N–H and O–H groups in total. The van der Waals surface area contributed by atoms with E-state index in [4.69, 9.17) is 5.73 Å². The van der Waals surface area contributed by atoms with E-state index in [2.05, 4.69) is 44.2 Å². The number of amides is 1. The van der Waals surface area contributed by atoms with Gasteiger partial charge in [-0.1, -0.05) is 29.8 Å². The summed E-state index contributed by atoms with van der Waals surface area (Å²) >= 11 is 1.84. The van der Waals surface area contributed by atoms with Crippen molar-refractivity contribution < 1.29 is 4.79 Å². The molecular formula is C23H29ClN2OS. The third kappa shape index (κ3) is 4.40. The number of benzene rings is 2. The van der Waals surface area contributed by atoms with Gasteiger partial charge in [-0.15, -0.1) is 24.2 Å². The minimum absolute atomic E-state index is 0. The molecule has 1 amide bonds. The van der Waals surface area contributed by atoms with Gasteiger partial charge in [0.15, 0.2) is 0 Å². The zero-order valence-electron chi connectivity index (χ0n) is 16.6. The summed E-state index contributed by atoms with van der Waals surface area (Å²) < 4.78 is 0. The fraction of sp³-hybridized carbons (Fsp3) is 0.435. The van der Waals surface area contributed by atoms with Gasteiger partial charge in [-0.25, -0.2) is 0 Å². The van der Waals surface area contributed by atoms with Crippen LogP contribution in [0.3, 0.4) is 0 Å². The molecule has 1 aliphatic heterocycles. The number of fused-ring (bicyclic) bond motifs is 1. The van der Waals surface area contributed by atoms with E-state index in [1.807, 2.05) is 28.8 Å². The molecule has 1 heterocycles. The van der Waals surface area contributed by atoms with E-state index in [-0.39, 0.29) is 24.4 Å². The summed E-state index contributed by atoms with van der Waals surface area (Å²) in [4.78, 5) is 16.3. The third-order valence-corrected chi connectivity index (χ3v) is 7.34. The van der Waals surface area contributed by atoms with Crippen molar-refractivity contribution >= 4 is 30.1 Å². The van der Waals surface area contributed by atoms with Gasteiger partial charge < -0.3 is 10.6 Å². The van der Waals surface area contributed by atoms with Crippen LogP contribution in [0.5, 0.6) is 0 Å². The molecule has 2 aliphatic rings. The number of thioether (sulfide) groups is 1. The largest absolute Gasteiger partial charge is 0.338 e. The number of nitrogens with two attached hydrogens (primary N) is 1. The zero-order valence-corrected chi connectivity index (χ0v) is 18.2. The number of carbonyl (C=O) groups is 1. The van der Waals surface area contributed by atoms with Gasteiger partial charge in [-0.2, -0.15) is 0 Å². The molecule has 28 heavy (non-hydrogen) atoms. The molecule has 4 rings (SSSR count). The van der Waals surface area contributed by atoms with E-state index in [1.165, 1.54) is 28.0 Å². The second kappa shape index (κ2) is 8.89. The Bertz CT molecular complexity index is 856. The fourth-order valence-corrected chi connectivity index (χ4v) is 5.54. The van der Waals surface area contributed by atoms with Gasteiger partial charge in [0, 0.05) is 35.3 Å². The average molecular weight is 417 g/mol. The van der Waals surface area contributed by atoms with E-state index in [0.29, 0.717) is 11.8 Å². The fourth-order valence-electron chi connectivity index (χ4n) is 4.47. The molecule has 1 aliphatic carbocycles. The molecule has 3 nitrogen and oxygen atoms in total. The lowest BCUT2D eigenvalue weighted by Gasteiger charge is -2.19. The molecule has 5 heteroatoms. The van der Waals surface area contributed by atoms with Crippen molar-refractivity contribution in [3.63, 3.8) is 0 Å². The monoisotopic (exact) mass is 416 g/mol. The number of rotatable bonds is 4. The third-order valence-electron chi connectivity index (χ3n) is 6.11. The Balaban J connectivity index is 0.00000225. The number of aryl methyl sites for hydroxylation is 2. The van der Waals surface area contributed by atoms with Crippen LogP contribution in [0.25, 0.3) is 0 Å². The summed E-state index contributed by atoms with van der Waals surface area (Å²) in [6.07, 6.45) is 2.28. The van der Waals surface area contributed by atoms with Crippen molar-refractivity contribution in [3.05, 3.63) is 64.7 Å². The number of halogens is 1. The summed E-state index contributed by atoms with van der Waals surface area (Å²) in [7, 11) is 0. The number of hydrogen-bond acceptors (Lipinski definition) is 3. The maximum Gasteiger partial charge on any atom is 0.253 e. The maximum absolute atomic E-state index is 13.0. The normalized spacial score (nSPS) is 23.4. The van der Waals surface area contributed by atoms with Crippen molar-refractivity contribution in [1.82, 2.24) is 4.90 Å². The quantitative estimate of drug-likeness (QED) is 0.726. The zero-order chi connectivity index (χ0) is 19.0. The number of hydrogen-bond donors (Lipinski definition) is 1. The Morgan fingerprint density at radius 1 is 1.14 bits per heavy atom. The van der Waals surface area contributed by atoms with Gasteiger partial charge in [0.1, 0.15) is 0 Å². The highest BCUT2D eigenvalue weighted by Crippen LogP contribution is 2.37. The van der Waals surface area contributed by atoms with E-state index >= 15 is 0 Å². The van der Waals surface area contributed by atoms with Crippen LogP contribution in [0.15, 0.2) is 47.4 Å². The van der Waals surface area contributed by atoms with Crippen LogP contribution in [-0.4, -0.2) is 29.9 Å². The van der Waals surface area contributed by atoms with Crippen LogP contribution in [0.4, 0.5) is 0 Å². The Morgan fingerprint density at radius 2 is 1.96 bits per heavy atom. The van der Waals surface area contributed by atoms with Crippen LogP contribution >= 0.6 is 24.2 Å². The first kappa shape index (κ1) is 21.2. The summed E-state index contributed by atoms with van der Waals surface area (Å²) in [5.41, 5.74) is 10.8. The molecular weight excluding hydrogens is 388 g/mol. The molecule has 2 fully saturated rings. The van der Waals surface area contributed by atoms with Crippen LogP contribution in [0, 0.1) is 25.7 Å². The Kier molecular flexibility index (Phi) is 6.74. The molecule has 1 saturated carbocycles. The highest BCUT2D eigenvalue weighted by Gasteiger charge is 2.42. The highest BCUT2D eigenvalue weighted by atomic mass is 35.5. The highest BCUT2D eigenvalue weighted by molar-refractivity contribution is 7.98. The molecule has 3 unspecified atom stereocenters. The lowest BCUT2D eigenvalue weighted by Crippen LogP contribution is -2.33. The second-order valence-electron chi connectivity index (χ2n) is 8.13. The molecule has 2 aromatic carbocycles. The lowest BCUT2D eigenvalue weighted by molar-refractivity contribution is 0.0779. The molecule has 0 bridgehead atoms. The van der Waals surface area contributed by atoms with Crippen LogP contribution in [0.1, 0.15) is 39.9 Å². The van der Waals surface area contributed by atoms with E-state index in [9.17, 15) is 4.79 Å². The van der Waals surface area contributed by atoms with Gasteiger partial charge in [0.05, 0.1) is 0 Å². The van der Waals surface area contributed by atoms with Crippen molar-refractivity contribution in [2.24, 2.45) is 17.6 Å². The van der Waals surface area contributed by atoms with E-state index in [1.54, 1.807) is 0 Å². The predicted octanol–water partition coefficient (Wildman–Crippen LogP) is 4.83. The smallest absolute Gasteiger partial charge is 0.253 e. The topological polar surface area (TPSA) is 46.3 Å². The SMILES string of the molecule is Cc1ccc(C)c(SCc2cccc(C(=O)N3CC4CCC(N)C4C3)c2)c1.Cl. The molecule has 0 radical (unpaired) electrons. The predicted molar refractivity (Wildman–Crippen MR) is 119 cm³/mol. The molecule has 3 atom stereocenters. The van der Waals surface area contributed by atoms with Gasteiger partial charge in [0.2, 0.25) is 0 Å². The summed E-state index contributed by atoms with van der Waals surface area (Å²) in [6, 6.07) is 15.0. The van der Waals surface area contributed by atoms with Crippen LogP contribution in [0.2, 0.25) is 0 Å². The number of carbonyl (C=O) groups excluding carboxylic acids is 1. The van der Waals surface area contributed by atoms with Crippen molar-refractivity contribution in [2.45, 2.75) is 43.4 Å². The standard InChI is InChI=1S/C23H28N2OS.ClH/c1-15-6-7-16(2)22(10-15)27-14-17-4-3-5-18(11-17)23(26)25-12-19-8-9-21(24)20(19)13-25;/h3-7,10-11,19-21H,8-9,12-14,24H2,1-2H3;1H. The first-order chi connectivity index (χ1) is 13.0. The van der Waals surface area contributed by atoms with Gasteiger partial charge in [-0.05, 0) is 67.9 Å². The van der Waals surface area contributed by atoms with Gasteiger partial charge in [0.25, 0.3) is 5.91 Å². The molecule has 2 aromatic rings. The van der Waals surface area contributed by atoms with Crippen molar-refractivity contribution in [1.29, 1.82) is 0 Å². The minimum Gasteiger partial charge on any atom is -0.338 e. The summed E-state index contributed by atoms with van der Waals surface area (Å²) in [6.45, 7) is 5.97. The maximum atomic E-state index is 13.0. The molecule has 0 spiro atoms. The number of likely N-dealkylation sites (tertiary alicyclic amines) is 1. The minimum atomic E-state index is 0. The second-order valence-corrected chi connectivity index (χ2v) is 9.15. The lowest BCUT2D eigenvalue weighted by atomic mass is 9.98.